The molecule has 0 heterocycles. The van der Waals surface area contributed by atoms with Crippen LogP contribution in [0.2, 0.25) is 0 Å². The Kier molecular flexibility index (Phi) is 5.64. The van der Waals surface area contributed by atoms with Gasteiger partial charge in [-0.2, -0.15) is 4.31 Å². The third-order valence-electron chi connectivity index (χ3n) is 2.58. The summed E-state index contributed by atoms with van der Waals surface area (Å²) in [4.78, 5) is 11.3. The molecule has 1 aromatic rings. The first kappa shape index (κ1) is 16.6. The maximum absolute atomic E-state index is 13.6. The largest absolute Gasteiger partial charge is 0.353 e. The van der Waals surface area contributed by atoms with Gasteiger partial charge in [0.05, 0.1) is 6.54 Å². The molecule has 1 aromatic carbocycles. The molecule has 0 aliphatic heterocycles. The second-order valence-electron chi connectivity index (χ2n) is 4.58. The number of sulfonamides is 1. The molecule has 0 radical (unpaired) electrons. The van der Waals surface area contributed by atoms with Crippen LogP contribution in [0.4, 0.5) is 4.39 Å². The molecule has 0 unspecified atom stereocenters. The second-order valence-corrected chi connectivity index (χ2v) is 6.49. The number of rotatable bonds is 6. The second kappa shape index (κ2) is 6.81. The summed E-state index contributed by atoms with van der Waals surface area (Å²) in [6.45, 7) is 4.91. The minimum atomic E-state index is -4.02. The minimum Gasteiger partial charge on any atom is -0.353 e. The average molecular weight is 302 g/mol. The summed E-state index contributed by atoms with van der Waals surface area (Å²) in [6.07, 6.45) is 0. The van der Waals surface area contributed by atoms with E-state index in [1.54, 1.807) is 20.8 Å². The van der Waals surface area contributed by atoms with E-state index in [0.29, 0.717) is 0 Å². The van der Waals surface area contributed by atoms with Gasteiger partial charge in [0.15, 0.2) is 0 Å². The van der Waals surface area contributed by atoms with Crippen LogP contribution in [0.1, 0.15) is 20.8 Å². The zero-order valence-electron chi connectivity index (χ0n) is 11.8. The van der Waals surface area contributed by atoms with E-state index in [-0.39, 0.29) is 19.1 Å². The summed E-state index contributed by atoms with van der Waals surface area (Å²) in [7, 11) is -4.02. The Balaban J connectivity index is 3.00. The molecule has 7 heteroatoms. The Morgan fingerprint density at radius 2 is 1.95 bits per heavy atom. The van der Waals surface area contributed by atoms with E-state index in [1.165, 1.54) is 18.2 Å². The van der Waals surface area contributed by atoms with Crippen molar-refractivity contribution in [3.8, 4) is 0 Å². The third kappa shape index (κ3) is 4.01. The summed E-state index contributed by atoms with van der Waals surface area (Å²) >= 11 is 0. The van der Waals surface area contributed by atoms with Crippen LogP contribution in [0.3, 0.4) is 0 Å². The van der Waals surface area contributed by atoms with Crippen molar-refractivity contribution in [2.24, 2.45) is 0 Å². The lowest BCUT2D eigenvalue weighted by molar-refractivity contribution is -0.121. The van der Waals surface area contributed by atoms with Crippen molar-refractivity contribution in [3.05, 3.63) is 30.1 Å². The molecule has 1 rings (SSSR count). The van der Waals surface area contributed by atoms with Gasteiger partial charge in [-0.05, 0) is 26.0 Å². The highest BCUT2D eigenvalue weighted by Crippen LogP contribution is 2.18. The summed E-state index contributed by atoms with van der Waals surface area (Å²) < 4.78 is 39.2. The zero-order chi connectivity index (χ0) is 15.3. The van der Waals surface area contributed by atoms with Crippen molar-refractivity contribution in [3.63, 3.8) is 0 Å². The van der Waals surface area contributed by atoms with E-state index in [0.717, 1.165) is 10.4 Å². The van der Waals surface area contributed by atoms with E-state index >= 15 is 0 Å². The number of hydrogen-bond acceptors (Lipinski definition) is 3. The minimum absolute atomic E-state index is 0.0855. The molecule has 0 aliphatic carbocycles. The number of carbonyl (C=O) groups is 1. The molecule has 5 nitrogen and oxygen atoms in total. The Labute approximate surface area is 118 Å². The summed E-state index contributed by atoms with van der Waals surface area (Å²) in [5.41, 5.74) is 0. The van der Waals surface area contributed by atoms with Crippen LogP contribution in [0, 0.1) is 5.82 Å². The molecule has 112 valence electrons. The summed E-state index contributed by atoms with van der Waals surface area (Å²) in [5.74, 6) is -1.24. The number of nitrogens with zero attached hydrogens (tertiary/aromatic N) is 1. The number of likely N-dealkylation sites (N-methyl/N-ethyl adjacent to an activating group) is 1. The van der Waals surface area contributed by atoms with E-state index < -0.39 is 26.6 Å². The molecule has 0 atom stereocenters. The number of nitrogens with one attached hydrogen (secondary N) is 1. The lowest BCUT2D eigenvalue weighted by Gasteiger charge is -2.21. The van der Waals surface area contributed by atoms with Crippen LogP contribution in [0.15, 0.2) is 29.2 Å². The monoisotopic (exact) mass is 302 g/mol. The van der Waals surface area contributed by atoms with Gasteiger partial charge >= 0.3 is 0 Å². The normalized spacial score (nSPS) is 11.9. The van der Waals surface area contributed by atoms with Gasteiger partial charge in [-0.3, -0.25) is 4.79 Å². The van der Waals surface area contributed by atoms with E-state index in [9.17, 15) is 17.6 Å². The van der Waals surface area contributed by atoms with Gasteiger partial charge in [-0.25, -0.2) is 12.8 Å². The van der Waals surface area contributed by atoms with Gasteiger partial charge in [-0.1, -0.05) is 19.1 Å². The lowest BCUT2D eigenvalue weighted by atomic mass is 10.3. The van der Waals surface area contributed by atoms with Gasteiger partial charge in [0.2, 0.25) is 15.9 Å². The fraction of sp³-hybridized carbons (Fsp3) is 0.462. The fourth-order valence-electron chi connectivity index (χ4n) is 1.69. The van der Waals surface area contributed by atoms with Crippen LogP contribution in [-0.2, 0) is 14.8 Å². The quantitative estimate of drug-likeness (QED) is 0.863. The first-order chi connectivity index (χ1) is 9.28. The molecule has 0 spiro atoms. The van der Waals surface area contributed by atoms with Crippen molar-refractivity contribution in [2.75, 3.05) is 13.1 Å². The fourth-order valence-corrected chi connectivity index (χ4v) is 3.16. The Bertz CT molecular complexity index is 573. The Morgan fingerprint density at radius 1 is 1.35 bits per heavy atom. The number of amides is 1. The maximum atomic E-state index is 13.6. The number of hydrogen-bond donors (Lipinski definition) is 1. The zero-order valence-corrected chi connectivity index (χ0v) is 12.6. The van der Waals surface area contributed by atoms with E-state index in [1.807, 2.05) is 0 Å². The maximum Gasteiger partial charge on any atom is 0.246 e. The van der Waals surface area contributed by atoms with Crippen LogP contribution < -0.4 is 5.32 Å². The van der Waals surface area contributed by atoms with Crippen molar-refractivity contribution in [1.29, 1.82) is 0 Å². The van der Waals surface area contributed by atoms with Gasteiger partial charge in [-0.15, -0.1) is 0 Å². The van der Waals surface area contributed by atoms with E-state index in [2.05, 4.69) is 5.32 Å². The average Bonchev–Trinajstić information content (AvgIpc) is 2.35. The molecular formula is C13H19FN2O3S. The Hall–Kier alpha value is -1.47. The van der Waals surface area contributed by atoms with Gasteiger partial charge < -0.3 is 5.32 Å². The first-order valence-corrected chi connectivity index (χ1v) is 7.77. The molecule has 0 aromatic heterocycles. The van der Waals surface area contributed by atoms with Crippen LogP contribution in [-0.4, -0.2) is 37.8 Å². The van der Waals surface area contributed by atoms with Crippen molar-refractivity contribution < 1.29 is 17.6 Å². The molecule has 0 bridgehead atoms. The molecule has 20 heavy (non-hydrogen) atoms. The topological polar surface area (TPSA) is 66.5 Å². The van der Waals surface area contributed by atoms with Crippen molar-refractivity contribution in [2.45, 2.75) is 31.7 Å². The third-order valence-corrected chi connectivity index (χ3v) is 4.53. The lowest BCUT2D eigenvalue weighted by Crippen LogP contribution is -2.42. The van der Waals surface area contributed by atoms with Gasteiger partial charge in [0, 0.05) is 12.6 Å². The highest BCUT2D eigenvalue weighted by atomic mass is 32.2. The van der Waals surface area contributed by atoms with Crippen molar-refractivity contribution in [1.82, 2.24) is 9.62 Å². The number of halogens is 1. The SMILES string of the molecule is CCN(CC(=O)NC(C)C)S(=O)(=O)c1ccccc1F. The predicted molar refractivity (Wildman–Crippen MR) is 74.1 cm³/mol. The predicted octanol–water partition coefficient (Wildman–Crippen LogP) is 1.36. The molecule has 0 aliphatic rings. The number of carbonyl (C=O) groups excluding carboxylic acids is 1. The molecule has 1 N–H and O–H groups in total. The Morgan fingerprint density at radius 3 is 2.45 bits per heavy atom. The summed E-state index contributed by atoms with van der Waals surface area (Å²) in [5, 5.41) is 2.61. The van der Waals surface area contributed by atoms with Crippen LogP contribution in [0.5, 0.6) is 0 Å². The van der Waals surface area contributed by atoms with Gasteiger partial charge in [0.25, 0.3) is 0 Å². The van der Waals surface area contributed by atoms with E-state index in [4.69, 9.17) is 0 Å². The van der Waals surface area contributed by atoms with Crippen LogP contribution in [0.25, 0.3) is 0 Å². The smallest absolute Gasteiger partial charge is 0.246 e. The van der Waals surface area contributed by atoms with Crippen molar-refractivity contribution >= 4 is 15.9 Å². The molecule has 1 amide bonds. The van der Waals surface area contributed by atoms with Crippen LogP contribution >= 0.6 is 0 Å². The van der Waals surface area contributed by atoms with Gasteiger partial charge in [0.1, 0.15) is 10.7 Å². The summed E-state index contributed by atoms with van der Waals surface area (Å²) in [6, 6.07) is 5.04. The molecule has 0 fully saturated rings. The first-order valence-electron chi connectivity index (χ1n) is 6.33. The molecular weight excluding hydrogens is 283 g/mol. The highest BCUT2D eigenvalue weighted by Gasteiger charge is 2.27. The number of benzene rings is 1. The highest BCUT2D eigenvalue weighted by molar-refractivity contribution is 7.89. The molecule has 0 saturated heterocycles. The standard InChI is InChI=1S/C13H19FN2O3S/c1-4-16(9-13(17)15-10(2)3)20(18,19)12-8-6-5-7-11(12)14/h5-8,10H,4,9H2,1-3H3,(H,15,17). The molecule has 0 saturated carbocycles.